The summed E-state index contributed by atoms with van der Waals surface area (Å²) in [5.74, 6) is -1.29. The Hall–Kier alpha value is -1.66. The Labute approximate surface area is 130 Å². The third-order valence-corrected chi connectivity index (χ3v) is 3.39. The normalized spacial score (nSPS) is 23.3. The van der Waals surface area contributed by atoms with Gasteiger partial charge in [-0.3, -0.25) is 0 Å². The SMILES string of the molecule is C=C(CC1CCCO1)C(=O)OCC1CCCO1.C=CC(=O)O. The smallest absolute Gasteiger partial charge is 0.333 e. The van der Waals surface area contributed by atoms with E-state index in [4.69, 9.17) is 19.3 Å². The number of carbonyl (C=O) groups is 2. The molecule has 2 heterocycles. The third-order valence-electron chi connectivity index (χ3n) is 3.39. The fourth-order valence-electron chi connectivity index (χ4n) is 2.21. The van der Waals surface area contributed by atoms with Crippen LogP contribution in [0, 0.1) is 0 Å². The fourth-order valence-corrected chi connectivity index (χ4v) is 2.21. The van der Waals surface area contributed by atoms with E-state index in [0.717, 1.165) is 45.0 Å². The van der Waals surface area contributed by atoms with Gasteiger partial charge in [0.25, 0.3) is 0 Å². The van der Waals surface area contributed by atoms with Crippen molar-refractivity contribution >= 4 is 11.9 Å². The minimum absolute atomic E-state index is 0.0782. The number of carboxylic acids is 1. The molecule has 0 saturated carbocycles. The van der Waals surface area contributed by atoms with Gasteiger partial charge < -0.3 is 19.3 Å². The number of hydrogen-bond donors (Lipinski definition) is 1. The Balaban J connectivity index is 0.000000422. The maximum Gasteiger partial charge on any atom is 0.333 e. The molecular formula is C16H24O6. The number of rotatable bonds is 6. The molecular weight excluding hydrogens is 288 g/mol. The maximum atomic E-state index is 11.7. The van der Waals surface area contributed by atoms with Gasteiger partial charge in [0.05, 0.1) is 12.2 Å². The summed E-state index contributed by atoms with van der Waals surface area (Å²) in [5, 5.41) is 7.60. The molecule has 2 aliphatic heterocycles. The molecule has 0 amide bonds. The van der Waals surface area contributed by atoms with Crippen molar-refractivity contribution in [3.8, 4) is 0 Å². The lowest BCUT2D eigenvalue weighted by atomic mass is 10.1. The second kappa shape index (κ2) is 10.1. The van der Waals surface area contributed by atoms with Gasteiger partial charge in [-0.25, -0.2) is 9.59 Å². The second-order valence-corrected chi connectivity index (χ2v) is 5.22. The summed E-state index contributed by atoms with van der Waals surface area (Å²) in [6, 6.07) is 0. The van der Waals surface area contributed by atoms with E-state index in [0.29, 0.717) is 18.6 Å². The van der Waals surface area contributed by atoms with Crippen molar-refractivity contribution in [3.05, 3.63) is 24.8 Å². The largest absolute Gasteiger partial charge is 0.478 e. The average molecular weight is 312 g/mol. The van der Waals surface area contributed by atoms with Crippen LogP contribution in [0.4, 0.5) is 0 Å². The van der Waals surface area contributed by atoms with E-state index in [9.17, 15) is 9.59 Å². The predicted molar refractivity (Wildman–Crippen MR) is 80.5 cm³/mol. The molecule has 0 aliphatic carbocycles. The molecule has 6 nitrogen and oxygen atoms in total. The summed E-state index contributed by atoms with van der Waals surface area (Å²) in [7, 11) is 0. The van der Waals surface area contributed by atoms with Crippen LogP contribution >= 0.6 is 0 Å². The average Bonchev–Trinajstić information content (AvgIpc) is 3.18. The summed E-state index contributed by atoms with van der Waals surface area (Å²) in [6.45, 7) is 8.65. The number of carbonyl (C=O) groups excluding carboxylic acids is 1. The van der Waals surface area contributed by atoms with Crippen LogP contribution in [0.5, 0.6) is 0 Å². The molecule has 6 heteroatoms. The van der Waals surface area contributed by atoms with Crippen LogP contribution < -0.4 is 0 Å². The summed E-state index contributed by atoms with van der Waals surface area (Å²) < 4.78 is 16.0. The highest BCUT2D eigenvalue weighted by molar-refractivity contribution is 5.87. The van der Waals surface area contributed by atoms with E-state index in [-0.39, 0.29) is 18.2 Å². The summed E-state index contributed by atoms with van der Waals surface area (Å²) in [5.41, 5.74) is 0.509. The van der Waals surface area contributed by atoms with Gasteiger partial charge in [-0.2, -0.15) is 0 Å². The highest BCUT2D eigenvalue weighted by Crippen LogP contribution is 2.20. The zero-order valence-electron chi connectivity index (χ0n) is 12.8. The van der Waals surface area contributed by atoms with Crippen molar-refractivity contribution in [2.75, 3.05) is 19.8 Å². The quantitative estimate of drug-likeness (QED) is 0.597. The molecule has 22 heavy (non-hydrogen) atoms. The minimum Gasteiger partial charge on any atom is -0.478 e. The predicted octanol–water partition coefficient (Wildman–Crippen LogP) is 2.09. The van der Waals surface area contributed by atoms with Gasteiger partial charge in [0.2, 0.25) is 0 Å². The fraction of sp³-hybridized carbons (Fsp3) is 0.625. The second-order valence-electron chi connectivity index (χ2n) is 5.22. The first-order valence-corrected chi connectivity index (χ1v) is 7.46. The Kier molecular flexibility index (Phi) is 8.47. The standard InChI is InChI=1S/C13H20O4.C3H4O2/c1-10(8-11-4-2-6-15-11)13(14)17-9-12-5-3-7-16-12;1-2-3(4)5/h11-12H,1-9H2;2H,1H2,(H,4,5). The first-order chi connectivity index (χ1) is 10.5. The summed E-state index contributed by atoms with van der Waals surface area (Å²) >= 11 is 0. The van der Waals surface area contributed by atoms with E-state index < -0.39 is 5.97 Å². The van der Waals surface area contributed by atoms with Crippen molar-refractivity contribution in [1.29, 1.82) is 0 Å². The molecule has 0 radical (unpaired) electrons. The molecule has 2 saturated heterocycles. The lowest BCUT2D eigenvalue weighted by Crippen LogP contribution is -2.20. The molecule has 2 aliphatic rings. The van der Waals surface area contributed by atoms with Gasteiger partial charge in [0.15, 0.2) is 0 Å². The zero-order valence-corrected chi connectivity index (χ0v) is 12.8. The Morgan fingerprint density at radius 1 is 1.18 bits per heavy atom. The molecule has 2 unspecified atom stereocenters. The first kappa shape index (κ1) is 18.4. The molecule has 0 spiro atoms. The van der Waals surface area contributed by atoms with E-state index in [1.165, 1.54) is 0 Å². The molecule has 0 bridgehead atoms. The van der Waals surface area contributed by atoms with Crippen molar-refractivity contribution in [2.45, 2.75) is 44.3 Å². The van der Waals surface area contributed by atoms with E-state index >= 15 is 0 Å². The molecule has 0 aromatic heterocycles. The van der Waals surface area contributed by atoms with E-state index in [1.807, 2.05) is 0 Å². The number of ether oxygens (including phenoxy) is 3. The van der Waals surface area contributed by atoms with Gasteiger partial charge in [-0.05, 0) is 25.7 Å². The summed E-state index contributed by atoms with van der Waals surface area (Å²) in [4.78, 5) is 20.9. The summed E-state index contributed by atoms with van der Waals surface area (Å²) in [6.07, 6.45) is 5.77. The van der Waals surface area contributed by atoms with E-state index in [1.54, 1.807) is 0 Å². The molecule has 0 aromatic rings. The van der Waals surface area contributed by atoms with Crippen LogP contribution in [0.15, 0.2) is 24.8 Å². The first-order valence-electron chi connectivity index (χ1n) is 7.46. The van der Waals surface area contributed by atoms with Crippen LogP contribution in [0.2, 0.25) is 0 Å². The Morgan fingerprint density at radius 3 is 2.18 bits per heavy atom. The molecule has 2 atom stereocenters. The number of hydrogen-bond acceptors (Lipinski definition) is 5. The lowest BCUT2D eigenvalue weighted by molar-refractivity contribution is -0.142. The van der Waals surface area contributed by atoms with E-state index in [2.05, 4.69) is 13.2 Å². The van der Waals surface area contributed by atoms with Crippen molar-refractivity contribution in [1.82, 2.24) is 0 Å². The Bertz CT molecular complexity index is 391. The lowest BCUT2D eigenvalue weighted by Gasteiger charge is -2.13. The molecule has 124 valence electrons. The highest BCUT2D eigenvalue weighted by atomic mass is 16.6. The monoisotopic (exact) mass is 312 g/mol. The van der Waals surface area contributed by atoms with Gasteiger partial charge in [0.1, 0.15) is 6.61 Å². The molecule has 2 rings (SSSR count). The third kappa shape index (κ3) is 7.38. The van der Waals surface area contributed by atoms with Crippen LogP contribution in [0.1, 0.15) is 32.1 Å². The van der Waals surface area contributed by atoms with Gasteiger partial charge in [-0.15, -0.1) is 0 Å². The van der Waals surface area contributed by atoms with Gasteiger partial charge in [0, 0.05) is 31.3 Å². The number of carboxylic acid groups (broad SMARTS) is 1. The molecule has 2 fully saturated rings. The number of aliphatic carboxylic acids is 1. The topological polar surface area (TPSA) is 82.1 Å². The van der Waals surface area contributed by atoms with Crippen LogP contribution in [0.25, 0.3) is 0 Å². The zero-order chi connectivity index (χ0) is 16.4. The minimum atomic E-state index is -0.981. The molecule has 0 aromatic carbocycles. The van der Waals surface area contributed by atoms with Crippen molar-refractivity contribution in [2.24, 2.45) is 0 Å². The van der Waals surface area contributed by atoms with Crippen LogP contribution in [-0.2, 0) is 23.8 Å². The molecule has 1 N–H and O–H groups in total. The Morgan fingerprint density at radius 2 is 1.73 bits per heavy atom. The van der Waals surface area contributed by atoms with Crippen LogP contribution in [0.3, 0.4) is 0 Å². The van der Waals surface area contributed by atoms with Crippen LogP contribution in [-0.4, -0.2) is 49.1 Å². The van der Waals surface area contributed by atoms with Crippen molar-refractivity contribution in [3.63, 3.8) is 0 Å². The highest BCUT2D eigenvalue weighted by Gasteiger charge is 2.22. The van der Waals surface area contributed by atoms with Gasteiger partial charge >= 0.3 is 11.9 Å². The van der Waals surface area contributed by atoms with Gasteiger partial charge in [-0.1, -0.05) is 13.2 Å². The van der Waals surface area contributed by atoms with Crippen molar-refractivity contribution < 1.29 is 28.9 Å². The maximum absolute atomic E-state index is 11.7. The number of esters is 1.